The van der Waals surface area contributed by atoms with Crippen LogP contribution in [0.25, 0.3) is 0 Å². The molecule has 170 valence electrons. The Balaban J connectivity index is 1.46. The Hall–Kier alpha value is -3.22. The third kappa shape index (κ3) is 3.99. The number of nitrogens with zero attached hydrogens (tertiary/aromatic N) is 2. The Morgan fingerprint density at radius 3 is 2.28 bits per heavy atom. The van der Waals surface area contributed by atoms with E-state index in [9.17, 15) is 9.59 Å². The normalized spacial score (nSPS) is 20.2. The van der Waals surface area contributed by atoms with Crippen LogP contribution in [0.3, 0.4) is 0 Å². The summed E-state index contributed by atoms with van der Waals surface area (Å²) in [7, 11) is 4.59. The molecule has 2 heterocycles. The van der Waals surface area contributed by atoms with Crippen LogP contribution in [0, 0.1) is 5.41 Å². The molecule has 1 atom stereocenters. The fourth-order valence-corrected chi connectivity index (χ4v) is 4.81. The minimum atomic E-state index is -0.476. The maximum atomic E-state index is 13.4. The van der Waals surface area contributed by atoms with Crippen molar-refractivity contribution in [2.24, 2.45) is 5.41 Å². The standard InChI is InChI=1S/C25H30N2O5/c1-30-20-16-22(32-3)21(31-2)15-19(20)23(28)27-14-11-25(17-27)10-13-26(24(25)29)12-9-18-7-5-4-6-8-18/h4-8,15-16H,9-14,17H2,1-3H3. The monoisotopic (exact) mass is 438 g/mol. The van der Waals surface area contributed by atoms with E-state index >= 15 is 0 Å². The molecule has 2 aromatic rings. The SMILES string of the molecule is COc1cc(OC)c(C(=O)N2CCC3(CCN(CCc4ccccc4)C3=O)C2)cc1OC. The second kappa shape index (κ2) is 9.10. The molecule has 2 amide bonds. The summed E-state index contributed by atoms with van der Waals surface area (Å²) in [6.45, 7) is 2.44. The highest BCUT2D eigenvalue weighted by Gasteiger charge is 2.51. The van der Waals surface area contributed by atoms with Gasteiger partial charge in [0.15, 0.2) is 11.5 Å². The van der Waals surface area contributed by atoms with Crippen LogP contribution in [-0.2, 0) is 11.2 Å². The van der Waals surface area contributed by atoms with Gasteiger partial charge in [0.2, 0.25) is 5.91 Å². The molecule has 2 fully saturated rings. The lowest BCUT2D eigenvalue weighted by molar-refractivity contribution is -0.135. The molecule has 0 aromatic heterocycles. The number of ether oxygens (including phenoxy) is 3. The zero-order valence-electron chi connectivity index (χ0n) is 18.9. The third-order valence-electron chi connectivity index (χ3n) is 6.69. The Kier molecular flexibility index (Phi) is 6.26. The predicted octanol–water partition coefficient (Wildman–Crippen LogP) is 3.02. The molecule has 7 heteroatoms. The van der Waals surface area contributed by atoms with Gasteiger partial charge in [0, 0.05) is 38.3 Å². The van der Waals surface area contributed by atoms with Crippen molar-refractivity contribution in [3.8, 4) is 17.2 Å². The van der Waals surface area contributed by atoms with Gasteiger partial charge in [-0.1, -0.05) is 30.3 Å². The highest BCUT2D eigenvalue weighted by Crippen LogP contribution is 2.42. The van der Waals surface area contributed by atoms with Gasteiger partial charge < -0.3 is 24.0 Å². The van der Waals surface area contributed by atoms with Crippen molar-refractivity contribution in [2.45, 2.75) is 19.3 Å². The fourth-order valence-electron chi connectivity index (χ4n) is 4.81. The maximum Gasteiger partial charge on any atom is 0.257 e. The Labute approximate surface area is 188 Å². The van der Waals surface area contributed by atoms with E-state index in [4.69, 9.17) is 14.2 Å². The van der Waals surface area contributed by atoms with Crippen molar-refractivity contribution in [3.05, 3.63) is 53.6 Å². The second-order valence-electron chi connectivity index (χ2n) is 8.44. The quantitative estimate of drug-likeness (QED) is 0.665. The van der Waals surface area contributed by atoms with Crippen molar-refractivity contribution in [3.63, 3.8) is 0 Å². The number of hydrogen-bond acceptors (Lipinski definition) is 5. The van der Waals surface area contributed by atoms with E-state index in [1.165, 1.54) is 26.9 Å². The van der Waals surface area contributed by atoms with E-state index in [1.807, 2.05) is 23.1 Å². The molecule has 32 heavy (non-hydrogen) atoms. The van der Waals surface area contributed by atoms with Crippen LogP contribution >= 0.6 is 0 Å². The number of carbonyl (C=O) groups is 2. The summed E-state index contributed by atoms with van der Waals surface area (Å²) in [5, 5.41) is 0. The Morgan fingerprint density at radius 2 is 1.59 bits per heavy atom. The molecular weight excluding hydrogens is 408 g/mol. The lowest BCUT2D eigenvalue weighted by atomic mass is 9.85. The Morgan fingerprint density at radius 1 is 0.938 bits per heavy atom. The molecule has 2 aromatic carbocycles. The molecule has 7 nitrogen and oxygen atoms in total. The summed E-state index contributed by atoms with van der Waals surface area (Å²) in [5.74, 6) is 1.41. The van der Waals surface area contributed by atoms with Gasteiger partial charge in [-0.2, -0.15) is 0 Å². The van der Waals surface area contributed by atoms with E-state index in [0.717, 1.165) is 19.4 Å². The van der Waals surface area contributed by atoms with Gasteiger partial charge in [-0.15, -0.1) is 0 Å². The highest BCUT2D eigenvalue weighted by molar-refractivity contribution is 5.99. The number of benzene rings is 2. The zero-order chi connectivity index (χ0) is 22.7. The zero-order valence-corrected chi connectivity index (χ0v) is 18.9. The largest absolute Gasteiger partial charge is 0.496 e. The molecule has 1 spiro atoms. The summed E-state index contributed by atoms with van der Waals surface area (Å²) in [6, 6.07) is 13.5. The molecule has 0 aliphatic carbocycles. The molecule has 0 bridgehead atoms. The third-order valence-corrected chi connectivity index (χ3v) is 6.69. The number of likely N-dealkylation sites (tertiary alicyclic amines) is 2. The fraction of sp³-hybridized carbons (Fsp3) is 0.440. The van der Waals surface area contributed by atoms with Crippen LogP contribution < -0.4 is 14.2 Å². The van der Waals surface area contributed by atoms with E-state index < -0.39 is 5.41 Å². The summed E-state index contributed by atoms with van der Waals surface area (Å²) in [5.41, 5.74) is 1.16. The average molecular weight is 439 g/mol. The summed E-state index contributed by atoms with van der Waals surface area (Å²) >= 11 is 0. The van der Waals surface area contributed by atoms with Crippen LogP contribution in [0.15, 0.2) is 42.5 Å². The minimum absolute atomic E-state index is 0.157. The van der Waals surface area contributed by atoms with Crippen molar-refractivity contribution in [1.82, 2.24) is 9.80 Å². The second-order valence-corrected chi connectivity index (χ2v) is 8.44. The molecule has 1 unspecified atom stereocenters. The molecule has 2 aliphatic heterocycles. The first kappa shape index (κ1) is 22.0. The molecule has 4 rings (SSSR count). The van der Waals surface area contributed by atoms with Crippen molar-refractivity contribution < 1.29 is 23.8 Å². The molecule has 2 aliphatic rings. The number of amides is 2. The van der Waals surface area contributed by atoms with Crippen LogP contribution in [-0.4, -0.2) is 69.1 Å². The van der Waals surface area contributed by atoms with Crippen molar-refractivity contribution in [2.75, 3.05) is 47.5 Å². The van der Waals surface area contributed by atoms with Gasteiger partial charge >= 0.3 is 0 Å². The van der Waals surface area contributed by atoms with Gasteiger partial charge in [0.25, 0.3) is 5.91 Å². The number of hydrogen-bond donors (Lipinski definition) is 0. The molecule has 2 saturated heterocycles. The number of methoxy groups -OCH3 is 3. The van der Waals surface area contributed by atoms with Crippen LogP contribution in [0.1, 0.15) is 28.8 Å². The first-order valence-corrected chi connectivity index (χ1v) is 10.9. The summed E-state index contributed by atoms with van der Waals surface area (Å²) < 4.78 is 16.1. The predicted molar refractivity (Wildman–Crippen MR) is 120 cm³/mol. The van der Waals surface area contributed by atoms with Gasteiger partial charge in [-0.3, -0.25) is 9.59 Å². The minimum Gasteiger partial charge on any atom is -0.496 e. The van der Waals surface area contributed by atoms with Crippen molar-refractivity contribution in [1.29, 1.82) is 0 Å². The van der Waals surface area contributed by atoms with Crippen molar-refractivity contribution >= 4 is 11.8 Å². The van der Waals surface area contributed by atoms with E-state index in [1.54, 1.807) is 17.0 Å². The lowest BCUT2D eigenvalue weighted by Gasteiger charge is -2.24. The van der Waals surface area contributed by atoms with Crippen LogP contribution in [0.5, 0.6) is 17.2 Å². The van der Waals surface area contributed by atoms with E-state index in [2.05, 4.69) is 12.1 Å². The van der Waals surface area contributed by atoms with Gasteiger partial charge in [0.1, 0.15) is 5.75 Å². The van der Waals surface area contributed by atoms with Gasteiger partial charge in [-0.25, -0.2) is 0 Å². The molecule has 0 radical (unpaired) electrons. The first-order chi connectivity index (χ1) is 15.5. The van der Waals surface area contributed by atoms with Crippen LogP contribution in [0.2, 0.25) is 0 Å². The lowest BCUT2D eigenvalue weighted by Crippen LogP contribution is -2.39. The van der Waals surface area contributed by atoms with Gasteiger partial charge in [0.05, 0.1) is 32.3 Å². The van der Waals surface area contributed by atoms with E-state index in [-0.39, 0.29) is 11.8 Å². The van der Waals surface area contributed by atoms with Gasteiger partial charge in [-0.05, 0) is 24.8 Å². The Bertz CT molecular complexity index is 993. The smallest absolute Gasteiger partial charge is 0.257 e. The summed E-state index contributed by atoms with van der Waals surface area (Å²) in [6.07, 6.45) is 2.32. The maximum absolute atomic E-state index is 13.4. The van der Waals surface area contributed by atoms with E-state index in [0.29, 0.717) is 48.9 Å². The molecule has 0 N–H and O–H groups in total. The molecule has 0 saturated carbocycles. The topological polar surface area (TPSA) is 68.3 Å². The molecular formula is C25H30N2O5. The summed E-state index contributed by atoms with van der Waals surface area (Å²) in [4.78, 5) is 30.4. The number of rotatable bonds is 7. The number of carbonyl (C=O) groups excluding carboxylic acids is 2. The average Bonchev–Trinajstić information content (AvgIpc) is 3.41. The van der Waals surface area contributed by atoms with Crippen LogP contribution in [0.4, 0.5) is 0 Å². The highest BCUT2D eigenvalue weighted by atomic mass is 16.5. The first-order valence-electron chi connectivity index (χ1n) is 10.9.